The fraction of sp³-hybridized carbons (Fsp3) is 0.148. The van der Waals surface area contributed by atoms with Gasteiger partial charge in [-0.15, -0.1) is 0 Å². The molecule has 1 heterocycles. The number of hydrogen-bond acceptors (Lipinski definition) is 5. The van der Waals surface area contributed by atoms with E-state index in [-0.39, 0.29) is 16.6 Å². The predicted molar refractivity (Wildman–Crippen MR) is 137 cm³/mol. The van der Waals surface area contributed by atoms with E-state index in [1.165, 1.54) is 7.11 Å². The summed E-state index contributed by atoms with van der Waals surface area (Å²) in [7, 11) is 1.46. The van der Waals surface area contributed by atoms with Gasteiger partial charge < -0.3 is 15.4 Å². The molecule has 0 unspecified atom stereocenters. The Morgan fingerprint density at radius 3 is 2.37 bits per heavy atom. The van der Waals surface area contributed by atoms with E-state index >= 15 is 0 Å². The van der Waals surface area contributed by atoms with Gasteiger partial charge in [-0.3, -0.25) is 14.4 Å². The third kappa shape index (κ3) is 4.76. The maximum absolute atomic E-state index is 13.2. The van der Waals surface area contributed by atoms with Gasteiger partial charge in [0.2, 0.25) is 0 Å². The number of imide groups is 1. The third-order valence-electron chi connectivity index (χ3n) is 5.64. The second-order valence-electron chi connectivity index (χ2n) is 8.29. The van der Waals surface area contributed by atoms with Crippen molar-refractivity contribution < 1.29 is 19.1 Å². The third-order valence-corrected chi connectivity index (χ3v) is 5.99. The van der Waals surface area contributed by atoms with Gasteiger partial charge in [-0.05, 0) is 73.9 Å². The van der Waals surface area contributed by atoms with E-state index in [1.54, 1.807) is 36.4 Å². The minimum absolute atomic E-state index is 0.0766. The maximum atomic E-state index is 13.2. The Labute approximate surface area is 208 Å². The molecule has 0 radical (unpaired) electrons. The van der Waals surface area contributed by atoms with Gasteiger partial charge in [-0.2, -0.15) is 0 Å². The summed E-state index contributed by atoms with van der Waals surface area (Å²) in [6.07, 6.45) is 0. The highest BCUT2D eigenvalue weighted by atomic mass is 35.5. The number of halogens is 1. The minimum Gasteiger partial charge on any atom is -0.495 e. The number of hydrogen-bond donors (Lipinski definition) is 2. The summed E-state index contributed by atoms with van der Waals surface area (Å²) >= 11 is 6.28. The molecule has 2 N–H and O–H groups in total. The van der Waals surface area contributed by atoms with Crippen LogP contribution in [0.3, 0.4) is 0 Å². The monoisotopic (exact) mass is 489 g/mol. The first-order chi connectivity index (χ1) is 16.7. The Balaban J connectivity index is 1.58. The molecule has 8 heteroatoms. The second kappa shape index (κ2) is 9.64. The number of anilines is 3. The molecule has 35 heavy (non-hydrogen) atoms. The van der Waals surface area contributed by atoms with Gasteiger partial charge in [0.25, 0.3) is 17.7 Å². The molecule has 178 valence electrons. The van der Waals surface area contributed by atoms with E-state index in [0.717, 1.165) is 27.3 Å². The van der Waals surface area contributed by atoms with Crippen LogP contribution >= 0.6 is 11.6 Å². The first-order valence-electron chi connectivity index (χ1n) is 10.9. The van der Waals surface area contributed by atoms with E-state index in [4.69, 9.17) is 16.3 Å². The van der Waals surface area contributed by atoms with Gasteiger partial charge in [0.15, 0.2) is 0 Å². The molecular formula is C27H24ClN3O4. The van der Waals surface area contributed by atoms with Gasteiger partial charge in [0, 0.05) is 16.9 Å². The lowest BCUT2D eigenvalue weighted by Crippen LogP contribution is -2.32. The summed E-state index contributed by atoms with van der Waals surface area (Å²) in [6, 6.07) is 17.6. The van der Waals surface area contributed by atoms with Crippen LogP contribution in [0, 0.1) is 20.8 Å². The van der Waals surface area contributed by atoms with Crippen LogP contribution in [0.5, 0.6) is 5.75 Å². The second-order valence-corrected chi connectivity index (χ2v) is 8.67. The van der Waals surface area contributed by atoms with Crippen LogP contribution < -0.4 is 20.3 Å². The van der Waals surface area contributed by atoms with Crippen molar-refractivity contribution in [2.45, 2.75) is 20.8 Å². The molecule has 0 bridgehead atoms. The Bertz CT molecular complexity index is 1400. The summed E-state index contributed by atoms with van der Waals surface area (Å²) in [5.74, 6) is -1.21. The average molecular weight is 490 g/mol. The molecule has 3 amide bonds. The first kappa shape index (κ1) is 24.0. The lowest BCUT2D eigenvalue weighted by Gasteiger charge is -2.18. The van der Waals surface area contributed by atoms with E-state index in [2.05, 4.69) is 10.6 Å². The molecule has 0 aromatic heterocycles. The zero-order chi connectivity index (χ0) is 25.3. The summed E-state index contributed by atoms with van der Waals surface area (Å²) < 4.78 is 5.33. The van der Waals surface area contributed by atoms with Crippen LogP contribution in [0.4, 0.5) is 17.1 Å². The Hall–Kier alpha value is -4.10. The molecule has 4 rings (SSSR count). The fourth-order valence-electron chi connectivity index (χ4n) is 3.75. The number of amides is 3. The van der Waals surface area contributed by atoms with Crippen molar-refractivity contribution in [2.75, 3.05) is 22.6 Å². The highest BCUT2D eigenvalue weighted by Crippen LogP contribution is 2.36. The molecule has 0 fully saturated rings. The van der Waals surface area contributed by atoms with Crippen LogP contribution in [-0.2, 0) is 9.59 Å². The molecule has 0 saturated carbocycles. The number of nitrogens with one attached hydrogen (secondary N) is 2. The summed E-state index contributed by atoms with van der Waals surface area (Å²) in [5.41, 5.74) is 4.58. The molecule has 3 aromatic rings. The van der Waals surface area contributed by atoms with Crippen LogP contribution in [0.1, 0.15) is 27.0 Å². The van der Waals surface area contributed by atoms with Gasteiger partial charge >= 0.3 is 0 Å². The van der Waals surface area contributed by atoms with Crippen molar-refractivity contribution in [1.29, 1.82) is 0 Å². The van der Waals surface area contributed by atoms with Crippen molar-refractivity contribution in [1.82, 2.24) is 0 Å². The van der Waals surface area contributed by atoms with E-state index in [9.17, 15) is 14.4 Å². The number of carbonyl (C=O) groups excluding carboxylic acids is 3. The van der Waals surface area contributed by atoms with Crippen LogP contribution in [0.25, 0.3) is 0 Å². The van der Waals surface area contributed by atoms with E-state index in [1.807, 2.05) is 45.0 Å². The van der Waals surface area contributed by atoms with Gasteiger partial charge in [-0.1, -0.05) is 35.9 Å². The first-order valence-corrected chi connectivity index (χ1v) is 11.3. The van der Waals surface area contributed by atoms with Crippen LogP contribution in [0.2, 0.25) is 0 Å². The molecule has 0 spiro atoms. The maximum Gasteiger partial charge on any atom is 0.283 e. The zero-order valence-corrected chi connectivity index (χ0v) is 20.5. The normalized spacial score (nSPS) is 13.3. The lowest BCUT2D eigenvalue weighted by molar-refractivity contribution is -0.120. The smallest absolute Gasteiger partial charge is 0.283 e. The lowest BCUT2D eigenvalue weighted by atomic mass is 10.1. The van der Waals surface area contributed by atoms with Crippen LogP contribution in [-0.4, -0.2) is 24.8 Å². The Morgan fingerprint density at radius 2 is 1.63 bits per heavy atom. The number of nitrogens with zero attached hydrogens (tertiary/aromatic N) is 1. The van der Waals surface area contributed by atoms with Gasteiger partial charge in [0.05, 0.1) is 12.8 Å². The molecule has 0 atom stereocenters. The molecule has 0 aliphatic carbocycles. The number of aryl methyl sites for hydroxylation is 3. The molecular weight excluding hydrogens is 466 g/mol. The van der Waals surface area contributed by atoms with E-state index < -0.39 is 11.8 Å². The van der Waals surface area contributed by atoms with Crippen molar-refractivity contribution in [3.63, 3.8) is 0 Å². The topological polar surface area (TPSA) is 87.7 Å². The number of benzene rings is 3. The Kier molecular flexibility index (Phi) is 6.62. The number of methoxy groups -OCH3 is 1. The zero-order valence-electron chi connectivity index (χ0n) is 19.7. The van der Waals surface area contributed by atoms with E-state index in [0.29, 0.717) is 22.7 Å². The quantitative estimate of drug-likeness (QED) is 0.458. The molecule has 0 saturated heterocycles. The highest BCUT2D eigenvalue weighted by molar-refractivity contribution is 6.53. The van der Waals surface area contributed by atoms with Crippen molar-refractivity contribution in [2.24, 2.45) is 0 Å². The number of rotatable bonds is 6. The van der Waals surface area contributed by atoms with Crippen molar-refractivity contribution >= 4 is 46.4 Å². The summed E-state index contributed by atoms with van der Waals surface area (Å²) in [4.78, 5) is 39.9. The molecule has 3 aromatic carbocycles. The van der Waals surface area contributed by atoms with Gasteiger partial charge in [0.1, 0.15) is 16.5 Å². The molecule has 7 nitrogen and oxygen atoms in total. The molecule has 1 aliphatic heterocycles. The fourth-order valence-corrected chi connectivity index (χ4v) is 3.97. The molecule has 1 aliphatic rings. The largest absolute Gasteiger partial charge is 0.495 e. The Morgan fingerprint density at radius 1 is 0.914 bits per heavy atom. The van der Waals surface area contributed by atoms with Crippen molar-refractivity contribution in [3.05, 3.63) is 93.6 Å². The number of ether oxygens (including phenoxy) is 1. The SMILES string of the molecule is COc1ccc(C)cc1N1C(=O)C(Cl)=C(Nc2cccc(C(=O)Nc3cc(C)ccc3C)c2)C1=O. The highest BCUT2D eigenvalue weighted by Gasteiger charge is 2.40. The predicted octanol–water partition coefficient (Wildman–Crippen LogP) is 5.31. The summed E-state index contributed by atoms with van der Waals surface area (Å²) in [6.45, 7) is 5.71. The van der Waals surface area contributed by atoms with Crippen LogP contribution in [0.15, 0.2) is 71.4 Å². The van der Waals surface area contributed by atoms with Gasteiger partial charge in [-0.25, -0.2) is 4.90 Å². The minimum atomic E-state index is -0.660. The standard InChI is InChI=1S/C27H24ClN3O4/c1-15-8-10-17(3)20(12-15)30-25(32)18-6-5-7-19(14-18)29-24-23(28)26(33)31(27(24)34)21-13-16(2)9-11-22(21)35-4/h5-14,29H,1-4H3,(H,30,32). The average Bonchev–Trinajstić information content (AvgIpc) is 3.04. The van der Waals surface area contributed by atoms with Crippen molar-refractivity contribution in [3.8, 4) is 5.75 Å². The summed E-state index contributed by atoms with van der Waals surface area (Å²) in [5, 5.41) is 5.58. The number of carbonyl (C=O) groups is 3.